The topological polar surface area (TPSA) is 29.5 Å². The van der Waals surface area contributed by atoms with Crippen molar-refractivity contribution in [2.75, 3.05) is 6.61 Å². The lowest BCUT2D eigenvalue weighted by atomic mass is 9.99. The fourth-order valence-corrected chi connectivity index (χ4v) is 3.55. The molecule has 1 aliphatic carbocycles. The van der Waals surface area contributed by atoms with Crippen molar-refractivity contribution in [3.8, 4) is 0 Å². The van der Waals surface area contributed by atoms with Crippen molar-refractivity contribution in [1.82, 2.24) is 4.90 Å². The molecule has 3 heteroatoms. The fourth-order valence-electron chi connectivity index (χ4n) is 3.55. The Morgan fingerprint density at radius 2 is 2.10 bits per heavy atom. The molecule has 1 aromatic rings. The highest BCUT2D eigenvalue weighted by Crippen LogP contribution is 2.42. The predicted molar refractivity (Wildman–Crippen MR) is 78.2 cm³/mol. The van der Waals surface area contributed by atoms with Crippen LogP contribution in [0.5, 0.6) is 0 Å². The summed E-state index contributed by atoms with van der Waals surface area (Å²) in [6, 6.07) is 10.8. The van der Waals surface area contributed by atoms with Gasteiger partial charge in [0.25, 0.3) is 0 Å². The average Bonchev–Trinajstić information content (AvgIpc) is 3.08. The van der Waals surface area contributed by atoms with Crippen LogP contribution in [0.2, 0.25) is 0 Å². The zero-order valence-corrected chi connectivity index (χ0v) is 12.0. The van der Waals surface area contributed by atoms with E-state index in [4.69, 9.17) is 4.74 Å². The lowest BCUT2D eigenvalue weighted by Crippen LogP contribution is -2.46. The van der Waals surface area contributed by atoms with Crippen LogP contribution in [0.3, 0.4) is 0 Å². The smallest absolute Gasteiger partial charge is 0.323 e. The summed E-state index contributed by atoms with van der Waals surface area (Å²) in [6.45, 7) is 4.49. The van der Waals surface area contributed by atoms with Crippen molar-refractivity contribution in [2.24, 2.45) is 5.92 Å². The van der Waals surface area contributed by atoms with Crippen LogP contribution in [0.25, 0.3) is 0 Å². The van der Waals surface area contributed by atoms with Gasteiger partial charge in [-0.25, -0.2) is 0 Å². The van der Waals surface area contributed by atoms with Gasteiger partial charge in [0.2, 0.25) is 0 Å². The highest BCUT2D eigenvalue weighted by molar-refractivity contribution is 5.77. The molecule has 0 N–H and O–H groups in total. The number of nitrogens with zero attached hydrogens (tertiary/aromatic N) is 1. The van der Waals surface area contributed by atoms with Gasteiger partial charge in [-0.1, -0.05) is 42.5 Å². The first-order valence-electron chi connectivity index (χ1n) is 7.39. The summed E-state index contributed by atoms with van der Waals surface area (Å²) in [5.41, 5.74) is 1.25. The molecule has 0 spiro atoms. The minimum atomic E-state index is -0.125. The number of ether oxygens (including phenoxy) is 1. The summed E-state index contributed by atoms with van der Waals surface area (Å²) in [4.78, 5) is 14.6. The second-order valence-corrected chi connectivity index (χ2v) is 5.58. The monoisotopic (exact) mass is 271 g/mol. The molecule has 1 heterocycles. The Hall–Kier alpha value is -1.61. The molecule has 1 saturated heterocycles. The molecule has 1 aromatic carbocycles. The van der Waals surface area contributed by atoms with E-state index in [-0.39, 0.29) is 18.1 Å². The second-order valence-electron chi connectivity index (χ2n) is 5.58. The van der Waals surface area contributed by atoms with Gasteiger partial charge in [-0.2, -0.15) is 0 Å². The Morgan fingerprint density at radius 3 is 2.80 bits per heavy atom. The SMILES string of the molecule is CCOC(=O)C1C2C=CC(C2)N1[C@H](C)c1ccccc1. The summed E-state index contributed by atoms with van der Waals surface area (Å²) in [5, 5.41) is 0. The number of benzene rings is 1. The van der Waals surface area contributed by atoms with Gasteiger partial charge in [0.05, 0.1) is 6.61 Å². The van der Waals surface area contributed by atoms with Crippen LogP contribution in [-0.4, -0.2) is 29.6 Å². The largest absolute Gasteiger partial charge is 0.465 e. The molecule has 2 bridgehead atoms. The van der Waals surface area contributed by atoms with Gasteiger partial charge in [0.1, 0.15) is 6.04 Å². The highest BCUT2D eigenvalue weighted by atomic mass is 16.5. The summed E-state index contributed by atoms with van der Waals surface area (Å²) in [5.74, 6) is 0.234. The van der Waals surface area contributed by atoms with Crippen LogP contribution in [0.1, 0.15) is 31.9 Å². The third kappa shape index (κ3) is 2.16. The summed E-state index contributed by atoms with van der Waals surface area (Å²) < 4.78 is 5.28. The summed E-state index contributed by atoms with van der Waals surface area (Å²) in [6.07, 6.45) is 5.46. The Morgan fingerprint density at radius 1 is 1.35 bits per heavy atom. The molecule has 4 atom stereocenters. The second kappa shape index (κ2) is 5.41. The first-order valence-corrected chi connectivity index (χ1v) is 7.39. The molecule has 1 fully saturated rings. The molecule has 2 aliphatic rings. The van der Waals surface area contributed by atoms with Crippen molar-refractivity contribution in [2.45, 2.75) is 38.4 Å². The van der Waals surface area contributed by atoms with Crippen LogP contribution < -0.4 is 0 Å². The summed E-state index contributed by atoms with van der Waals surface area (Å²) >= 11 is 0. The van der Waals surface area contributed by atoms with Gasteiger partial charge in [0, 0.05) is 18.0 Å². The van der Waals surface area contributed by atoms with Crippen molar-refractivity contribution < 1.29 is 9.53 Å². The molecule has 3 nitrogen and oxygen atoms in total. The molecule has 3 unspecified atom stereocenters. The molecule has 0 amide bonds. The summed E-state index contributed by atoms with van der Waals surface area (Å²) in [7, 11) is 0. The van der Waals surface area contributed by atoms with E-state index in [1.54, 1.807) is 0 Å². The van der Waals surface area contributed by atoms with E-state index in [1.165, 1.54) is 5.56 Å². The van der Waals surface area contributed by atoms with Crippen LogP contribution in [0, 0.1) is 5.92 Å². The Bertz CT molecular complexity index is 511. The maximum Gasteiger partial charge on any atom is 0.323 e. The van der Waals surface area contributed by atoms with Crippen LogP contribution in [0.15, 0.2) is 42.5 Å². The van der Waals surface area contributed by atoms with E-state index < -0.39 is 0 Å². The molecule has 0 saturated carbocycles. The molecule has 0 aromatic heterocycles. The Kier molecular flexibility index (Phi) is 3.62. The fraction of sp³-hybridized carbons (Fsp3) is 0.471. The number of carbonyl (C=O) groups excluding carboxylic acids is 1. The van der Waals surface area contributed by atoms with Gasteiger partial charge in [-0.3, -0.25) is 9.69 Å². The highest BCUT2D eigenvalue weighted by Gasteiger charge is 2.49. The van der Waals surface area contributed by atoms with E-state index in [0.29, 0.717) is 18.6 Å². The molecule has 20 heavy (non-hydrogen) atoms. The number of hydrogen-bond acceptors (Lipinski definition) is 3. The molecule has 3 rings (SSSR count). The number of rotatable bonds is 4. The van der Waals surface area contributed by atoms with Gasteiger partial charge >= 0.3 is 5.97 Å². The quantitative estimate of drug-likeness (QED) is 0.623. The zero-order valence-electron chi connectivity index (χ0n) is 12.0. The minimum Gasteiger partial charge on any atom is -0.465 e. The molecule has 1 aliphatic heterocycles. The van der Waals surface area contributed by atoms with Crippen LogP contribution in [0.4, 0.5) is 0 Å². The van der Waals surface area contributed by atoms with Crippen molar-refractivity contribution in [3.63, 3.8) is 0 Å². The van der Waals surface area contributed by atoms with E-state index in [2.05, 4.69) is 48.2 Å². The maximum absolute atomic E-state index is 12.3. The molecule has 106 valence electrons. The van der Waals surface area contributed by atoms with Crippen LogP contribution in [-0.2, 0) is 9.53 Å². The first kappa shape index (κ1) is 13.4. The molecular formula is C17H21NO2. The maximum atomic E-state index is 12.3. The van der Waals surface area contributed by atoms with E-state index in [1.807, 2.05) is 13.0 Å². The van der Waals surface area contributed by atoms with Gasteiger partial charge in [0.15, 0.2) is 0 Å². The lowest BCUT2D eigenvalue weighted by molar-refractivity contribution is -0.150. The first-order chi connectivity index (χ1) is 9.72. The number of esters is 1. The predicted octanol–water partition coefficient (Wildman–Crippen LogP) is 2.94. The van der Waals surface area contributed by atoms with Gasteiger partial charge in [-0.05, 0) is 25.8 Å². The van der Waals surface area contributed by atoms with Crippen LogP contribution >= 0.6 is 0 Å². The van der Waals surface area contributed by atoms with Gasteiger partial charge in [-0.15, -0.1) is 0 Å². The van der Waals surface area contributed by atoms with Crippen molar-refractivity contribution >= 4 is 5.97 Å². The lowest BCUT2D eigenvalue weighted by Gasteiger charge is -2.36. The van der Waals surface area contributed by atoms with E-state index in [9.17, 15) is 4.79 Å². The third-order valence-electron chi connectivity index (χ3n) is 4.46. The minimum absolute atomic E-state index is 0.0767. The number of likely N-dealkylation sites (tertiary alicyclic amines) is 1. The number of fused-ring (bicyclic) bond motifs is 2. The van der Waals surface area contributed by atoms with E-state index >= 15 is 0 Å². The normalized spacial score (nSPS) is 29.6. The zero-order chi connectivity index (χ0) is 14.1. The standard InChI is InChI=1S/C17H21NO2/c1-3-20-17(19)16-14-9-10-15(11-14)18(16)12(2)13-7-5-4-6-8-13/h4-10,12,14-16H,3,11H2,1-2H3/t12-,14?,15?,16?/m1/s1. The Labute approximate surface area is 120 Å². The number of hydrogen-bond donors (Lipinski definition) is 0. The third-order valence-corrected chi connectivity index (χ3v) is 4.46. The Balaban J connectivity index is 1.87. The van der Waals surface area contributed by atoms with Crippen molar-refractivity contribution in [1.29, 1.82) is 0 Å². The average molecular weight is 271 g/mol. The van der Waals surface area contributed by atoms with Gasteiger partial charge < -0.3 is 4.74 Å². The van der Waals surface area contributed by atoms with E-state index in [0.717, 1.165) is 6.42 Å². The molecule has 0 radical (unpaired) electrons. The van der Waals surface area contributed by atoms with Crippen molar-refractivity contribution in [3.05, 3.63) is 48.0 Å². The number of carbonyl (C=O) groups is 1. The molecular weight excluding hydrogens is 250 g/mol.